The van der Waals surface area contributed by atoms with Gasteiger partial charge in [0.2, 0.25) is 5.88 Å². The Labute approximate surface area is 92.7 Å². The second-order valence-corrected chi connectivity index (χ2v) is 4.99. The molecule has 1 fully saturated rings. The highest BCUT2D eigenvalue weighted by molar-refractivity contribution is 5.25. The zero-order chi connectivity index (χ0) is 12.1. The lowest BCUT2D eigenvalue weighted by molar-refractivity contribution is 0.378. The van der Waals surface area contributed by atoms with Gasteiger partial charge in [0.15, 0.2) is 0 Å². The van der Waals surface area contributed by atoms with Crippen LogP contribution in [-0.2, 0) is 6.42 Å². The standard InChI is InChI=1S/C11H16N2O3/c1-4-6-8(14)12-10(16)13(9(6)15)7-5-11(7,2)3/h7,15H,4-5H2,1-3H3,(H,12,14,16). The summed E-state index contributed by atoms with van der Waals surface area (Å²) in [5, 5.41) is 9.94. The van der Waals surface area contributed by atoms with Gasteiger partial charge in [0.05, 0.1) is 5.56 Å². The van der Waals surface area contributed by atoms with Crippen LogP contribution in [-0.4, -0.2) is 14.7 Å². The zero-order valence-electron chi connectivity index (χ0n) is 9.70. The maximum Gasteiger partial charge on any atom is 0.331 e. The quantitative estimate of drug-likeness (QED) is 0.779. The summed E-state index contributed by atoms with van der Waals surface area (Å²) in [6.07, 6.45) is 1.25. The van der Waals surface area contributed by atoms with Gasteiger partial charge in [0, 0.05) is 6.04 Å². The highest BCUT2D eigenvalue weighted by atomic mass is 16.3. The molecule has 1 aromatic heterocycles. The molecule has 0 saturated heterocycles. The van der Waals surface area contributed by atoms with E-state index in [1.807, 2.05) is 13.8 Å². The Bertz CT molecular complexity index is 539. The molecule has 2 N–H and O–H groups in total. The van der Waals surface area contributed by atoms with Gasteiger partial charge in [0.1, 0.15) is 0 Å². The molecule has 0 bridgehead atoms. The van der Waals surface area contributed by atoms with Gasteiger partial charge < -0.3 is 5.11 Å². The minimum Gasteiger partial charge on any atom is -0.494 e. The SMILES string of the molecule is CCc1c(O)n(C2CC2(C)C)c(=O)[nH]c1=O. The van der Waals surface area contributed by atoms with Gasteiger partial charge in [-0.1, -0.05) is 20.8 Å². The Morgan fingerprint density at radius 3 is 2.50 bits per heavy atom. The summed E-state index contributed by atoms with van der Waals surface area (Å²) in [4.78, 5) is 25.3. The molecule has 1 aromatic rings. The summed E-state index contributed by atoms with van der Waals surface area (Å²) in [5.41, 5.74) is -0.706. The number of nitrogens with zero attached hydrogens (tertiary/aromatic N) is 1. The first kappa shape index (κ1) is 11.0. The molecule has 1 heterocycles. The van der Waals surface area contributed by atoms with Crippen molar-refractivity contribution in [2.45, 2.75) is 39.7 Å². The monoisotopic (exact) mass is 224 g/mol. The third-order valence-electron chi connectivity index (χ3n) is 3.34. The molecule has 0 aromatic carbocycles. The number of aromatic hydroxyl groups is 1. The van der Waals surface area contributed by atoms with Gasteiger partial charge in [-0.25, -0.2) is 4.79 Å². The third-order valence-corrected chi connectivity index (χ3v) is 3.34. The molecule has 5 heteroatoms. The van der Waals surface area contributed by atoms with Crippen LogP contribution in [0, 0.1) is 5.41 Å². The van der Waals surface area contributed by atoms with E-state index in [1.54, 1.807) is 6.92 Å². The second kappa shape index (κ2) is 3.23. The van der Waals surface area contributed by atoms with E-state index in [0.717, 1.165) is 6.42 Å². The lowest BCUT2D eigenvalue weighted by Gasteiger charge is -2.11. The summed E-state index contributed by atoms with van der Waals surface area (Å²) in [5.74, 6) is -0.174. The Kier molecular flexibility index (Phi) is 2.22. The lowest BCUT2D eigenvalue weighted by Crippen LogP contribution is -2.32. The van der Waals surface area contributed by atoms with E-state index < -0.39 is 11.2 Å². The first-order valence-electron chi connectivity index (χ1n) is 5.45. The number of hydrogen-bond donors (Lipinski definition) is 2. The van der Waals surface area contributed by atoms with Crippen molar-refractivity contribution in [2.24, 2.45) is 5.41 Å². The normalized spacial score (nSPS) is 22.1. The molecule has 16 heavy (non-hydrogen) atoms. The number of aromatic amines is 1. The van der Waals surface area contributed by atoms with Crippen molar-refractivity contribution in [3.05, 3.63) is 26.4 Å². The van der Waals surface area contributed by atoms with Crippen molar-refractivity contribution in [2.75, 3.05) is 0 Å². The topological polar surface area (TPSA) is 75.1 Å². The number of aromatic nitrogens is 2. The van der Waals surface area contributed by atoms with Gasteiger partial charge in [-0.15, -0.1) is 0 Å². The number of hydrogen-bond acceptors (Lipinski definition) is 3. The number of nitrogens with one attached hydrogen (secondary N) is 1. The van der Waals surface area contributed by atoms with Crippen LogP contribution in [0.1, 0.15) is 38.8 Å². The van der Waals surface area contributed by atoms with Crippen molar-refractivity contribution in [1.29, 1.82) is 0 Å². The average molecular weight is 224 g/mol. The molecule has 1 saturated carbocycles. The Morgan fingerprint density at radius 1 is 1.50 bits per heavy atom. The van der Waals surface area contributed by atoms with Crippen LogP contribution in [0.15, 0.2) is 9.59 Å². The number of H-pyrrole nitrogens is 1. The smallest absolute Gasteiger partial charge is 0.331 e. The maximum atomic E-state index is 11.6. The number of rotatable bonds is 2. The predicted molar refractivity (Wildman–Crippen MR) is 59.8 cm³/mol. The molecular formula is C11H16N2O3. The zero-order valence-corrected chi connectivity index (χ0v) is 9.70. The van der Waals surface area contributed by atoms with Crippen LogP contribution in [0.5, 0.6) is 5.88 Å². The first-order valence-corrected chi connectivity index (χ1v) is 5.45. The Hall–Kier alpha value is -1.52. The van der Waals surface area contributed by atoms with Crippen molar-refractivity contribution < 1.29 is 5.11 Å². The molecule has 0 spiro atoms. The van der Waals surface area contributed by atoms with Crippen molar-refractivity contribution in [1.82, 2.24) is 9.55 Å². The summed E-state index contributed by atoms with van der Waals surface area (Å²) in [7, 11) is 0. The summed E-state index contributed by atoms with van der Waals surface area (Å²) < 4.78 is 1.31. The van der Waals surface area contributed by atoms with Crippen LogP contribution < -0.4 is 11.2 Å². The summed E-state index contributed by atoms with van der Waals surface area (Å²) in [6.45, 7) is 5.83. The molecule has 0 radical (unpaired) electrons. The highest BCUT2D eigenvalue weighted by Gasteiger charge is 2.49. The van der Waals surface area contributed by atoms with Gasteiger partial charge in [0.25, 0.3) is 5.56 Å². The first-order chi connectivity index (χ1) is 7.38. The van der Waals surface area contributed by atoms with E-state index >= 15 is 0 Å². The largest absolute Gasteiger partial charge is 0.494 e. The van der Waals surface area contributed by atoms with Crippen LogP contribution >= 0.6 is 0 Å². The van der Waals surface area contributed by atoms with Crippen LogP contribution in [0.2, 0.25) is 0 Å². The fourth-order valence-electron chi connectivity index (χ4n) is 2.06. The van der Waals surface area contributed by atoms with Gasteiger partial charge in [-0.05, 0) is 18.3 Å². The fraction of sp³-hybridized carbons (Fsp3) is 0.636. The van der Waals surface area contributed by atoms with E-state index in [2.05, 4.69) is 4.98 Å². The van der Waals surface area contributed by atoms with Crippen LogP contribution in [0.3, 0.4) is 0 Å². The summed E-state index contributed by atoms with van der Waals surface area (Å²) >= 11 is 0. The predicted octanol–water partition coefficient (Wildman–Crippen LogP) is 0.776. The average Bonchev–Trinajstić information content (AvgIpc) is 2.74. The maximum absolute atomic E-state index is 11.6. The Balaban J connectivity index is 2.63. The van der Waals surface area contributed by atoms with E-state index in [9.17, 15) is 14.7 Å². The van der Waals surface area contributed by atoms with Gasteiger partial charge in [-0.2, -0.15) is 0 Å². The highest BCUT2D eigenvalue weighted by Crippen LogP contribution is 2.55. The second-order valence-electron chi connectivity index (χ2n) is 4.99. The minimum absolute atomic E-state index is 0.0119. The van der Waals surface area contributed by atoms with Crippen molar-refractivity contribution in [3.8, 4) is 5.88 Å². The van der Waals surface area contributed by atoms with Crippen LogP contribution in [0.4, 0.5) is 0 Å². The molecule has 1 atom stereocenters. The molecule has 88 valence electrons. The molecule has 1 aliphatic carbocycles. The lowest BCUT2D eigenvalue weighted by atomic mass is 10.2. The van der Waals surface area contributed by atoms with E-state index in [4.69, 9.17) is 0 Å². The molecule has 1 aliphatic rings. The molecular weight excluding hydrogens is 208 g/mol. The van der Waals surface area contributed by atoms with E-state index in [1.165, 1.54) is 4.57 Å². The molecule has 2 rings (SSSR count). The van der Waals surface area contributed by atoms with Crippen molar-refractivity contribution >= 4 is 0 Å². The molecule has 5 nitrogen and oxygen atoms in total. The summed E-state index contributed by atoms with van der Waals surface area (Å²) in [6, 6.07) is -0.0119. The third kappa shape index (κ3) is 1.47. The van der Waals surface area contributed by atoms with Crippen LogP contribution in [0.25, 0.3) is 0 Å². The van der Waals surface area contributed by atoms with E-state index in [-0.39, 0.29) is 22.9 Å². The Morgan fingerprint density at radius 2 is 2.06 bits per heavy atom. The van der Waals surface area contributed by atoms with Crippen molar-refractivity contribution in [3.63, 3.8) is 0 Å². The molecule has 1 unspecified atom stereocenters. The minimum atomic E-state index is -0.518. The van der Waals surface area contributed by atoms with E-state index in [0.29, 0.717) is 6.42 Å². The van der Waals surface area contributed by atoms with Gasteiger partial charge in [-0.3, -0.25) is 14.3 Å². The molecule has 0 aliphatic heterocycles. The fourth-order valence-corrected chi connectivity index (χ4v) is 2.06. The van der Waals surface area contributed by atoms with Gasteiger partial charge >= 0.3 is 5.69 Å². The molecule has 0 amide bonds.